The van der Waals surface area contributed by atoms with Gasteiger partial charge in [0.15, 0.2) is 5.60 Å². The average molecular weight is 521 g/mol. The number of halogens is 1. The molecule has 202 valence electrons. The molecule has 4 aliphatic carbocycles. The van der Waals surface area contributed by atoms with Gasteiger partial charge in [0.1, 0.15) is 6.10 Å². The normalized spacial score (nSPS) is 44.6. The summed E-state index contributed by atoms with van der Waals surface area (Å²) in [4.78, 5) is 0. The lowest BCUT2D eigenvalue weighted by atomic mass is 9.44. The molecule has 1 aliphatic heterocycles. The second-order valence-corrected chi connectivity index (χ2v) is 15.2. The predicted molar refractivity (Wildman–Crippen MR) is 154 cm³/mol. The molecule has 10 atom stereocenters. The summed E-state index contributed by atoms with van der Waals surface area (Å²) >= 11 is 6.39. The standard InChI is InChI=1S/C35H49ClO/c1-23(2)9-8-10-24(3)28-15-16-29-27-14-13-26-21-35(20-17-25-11-6-7-12-31(25)36)32(37-35)22-34(26,5)30(27)18-19-33(28,29)4/h6-7,11-12,23-24,26-30,32H,8-10,13-16,18-19,21-22H2,1-5H3/t24?,26?,27?,28?,29?,30?,32-,33?,34?,35+/m1/s1. The lowest BCUT2D eigenvalue weighted by molar-refractivity contribution is -0.112. The minimum Gasteiger partial charge on any atom is -0.352 e. The number of ether oxygens (including phenoxy) is 1. The van der Waals surface area contributed by atoms with Crippen LogP contribution >= 0.6 is 11.6 Å². The first-order valence-electron chi connectivity index (χ1n) is 15.6. The Bertz CT molecular complexity index is 1070. The first-order chi connectivity index (χ1) is 17.7. The largest absolute Gasteiger partial charge is 0.352 e. The van der Waals surface area contributed by atoms with E-state index in [2.05, 4.69) is 46.5 Å². The van der Waals surface area contributed by atoms with Crippen molar-refractivity contribution in [3.63, 3.8) is 0 Å². The highest BCUT2D eigenvalue weighted by Crippen LogP contribution is 2.71. The monoisotopic (exact) mass is 520 g/mol. The highest BCUT2D eigenvalue weighted by atomic mass is 35.5. The van der Waals surface area contributed by atoms with Gasteiger partial charge in [-0.3, -0.25) is 0 Å². The third-order valence-electron chi connectivity index (χ3n) is 12.5. The van der Waals surface area contributed by atoms with Crippen LogP contribution in [0.25, 0.3) is 0 Å². The molecule has 0 bridgehead atoms. The molecule has 0 N–H and O–H groups in total. The van der Waals surface area contributed by atoms with Gasteiger partial charge in [0, 0.05) is 5.56 Å². The Kier molecular flexibility index (Phi) is 6.81. The molecule has 8 unspecified atom stereocenters. The zero-order chi connectivity index (χ0) is 26.0. The van der Waals surface area contributed by atoms with Crippen molar-refractivity contribution >= 4 is 11.6 Å². The van der Waals surface area contributed by atoms with Crippen LogP contribution in [0.4, 0.5) is 0 Å². The summed E-state index contributed by atoms with van der Waals surface area (Å²) in [6.07, 6.45) is 15.6. The highest BCUT2D eigenvalue weighted by molar-refractivity contribution is 6.31. The van der Waals surface area contributed by atoms with Gasteiger partial charge in [0.2, 0.25) is 0 Å². The summed E-state index contributed by atoms with van der Waals surface area (Å²) in [5.41, 5.74) is 1.74. The van der Waals surface area contributed by atoms with Crippen LogP contribution in [0.15, 0.2) is 24.3 Å². The fourth-order valence-electron chi connectivity index (χ4n) is 10.5. The van der Waals surface area contributed by atoms with E-state index in [0.29, 0.717) is 16.9 Å². The van der Waals surface area contributed by atoms with E-state index in [1.807, 2.05) is 24.3 Å². The zero-order valence-corrected chi connectivity index (χ0v) is 24.7. The van der Waals surface area contributed by atoms with Crippen LogP contribution in [-0.4, -0.2) is 11.7 Å². The molecule has 0 radical (unpaired) electrons. The second-order valence-electron chi connectivity index (χ2n) is 14.8. The fourth-order valence-corrected chi connectivity index (χ4v) is 10.7. The number of epoxide rings is 1. The van der Waals surface area contributed by atoms with Crippen LogP contribution in [0.2, 0.25) is 5.02 Å². The van der Waals surface area contributed by atoms with Crippen molar-refractivity contribution in [2.45, 2.75) is 117 Å². The summed E-state index contributed by atoms with van der Waals surface area (Å²) in [7, 11) is 0. The van der Waals surface area contributed by atoms with Gasteiger partial charge >= 0.3 is 0 Å². The molecule has 1 aromatic carbocycles. The summed E-state index contributed by atoms with van der Waals surface area (Å²) in [5.74, 6) is 13.2. The van der Waals surface area contributed by atoms with Crippen molar-refractivity contribution in [3.8, 4) is 11.8 Å². The zero-order valence-electron chi connectivity index (χ0n) is 24.0. The fraction of sp³-hybridized carbons (Fsp3) is 0.771. The minimum absolute atomic E-state index is 0.205. The van der Waals surface area contributed by atoms with E-state index in [1.54, 1.807) is 0 Å². The average Bonchev–Trinajstić information content (AvgIpc) is 3.41. The number of hydrogen-bond acceptors (Lipinski definition) is 1. The van der Waals surface area contributed by atoms with Crippen molar-refractivity contribution < 1.29 is 4.74 Å². The molecule has 0 spiro atoms. The molecule has 0 amide bonds. The Balaban J connectivity index is 1.15. The third-order valence-corrected chi connectivity index (χ3v) is 12.9. The van der Waals surface area contributed by atoms with Crippen LogP contribution in [0.3, 0.4) is 0 Å². The van der Waals surface area contributed by atoms with Crippen molar-refractivity contribution in [1.82, 2.24) is 0 Å². The Labute approximate surface area is 231 Å². The molecular weight excluding hydrogens is 472 g/mol. The van der Waals surface area contributed by atoms with E-state index < -0.39 is 0 Å². The van der Waals surface area contributed by atoms with Gasteiger partial charge in [0.05, 0.1) is 5.02 Å². The first-order valence-corrected chi connectivity index (χ1v) is 16.0. The summed E-state index contributed by atoms with van der Waals surface area (Å²) in [5, 5.41) is 0.749. The maximum Gasteiger partial charge on any atom is 0.155 e. The van der Waals surface area contributed by atoms with Gasteiger partial charge < -0.3 is 4.74 Å². The van der Waals surface area contributed by atoms with Gasteiger partial charge in [-0.1, -0.05) is 89.5 Å². The Morgan fingerprint density at radius 2 is 1.73 bits per heavy atom. The number of fused-ring (bicyclic) bond motifs is 6. The number of rotatable bonds is 5. The van der Waals surface area contributed by atoms with Crippen molar-refractivity contribution in [3.05, 3.63) is 34.9 Å². The highest BCUT2D eigenvalue weighted by Gasteiger charge is 2.68. The van der Waals surface area contributed by atoms with E-state index in [9.17, 15) is 0 Å². The van der Waals surface area contributed by atoms with E-state index in [4.69, 9.17) is 16.3 Å². The van der Waals surface area contributed by atoms with Gasteiger partial charge in [-0.2, -0.15) is 0 Å². The van der Waals surface area contributed by atoms with Gasteiger partial charge in [-0.25, -0.2) is 0 Å². The molecule has 2 heteroatoms. The molecule has 1 nitrogen and oxygen atoms in total. The Hall–Kier alpha value is -0.970. The van der Waals surface area contributed by atoms with E-state index in [0.717, 1.165) is 58.4 Å². The molecule has 5 aliphatic rings. The van der Waals surface area contributed by atoms with Crippen LogP contribution in [0, 0.1) is 64.1 Å². The maximum absolute atomic E-state index is 6.46. The smallest absolute Gasteiger partial charge is 0.155 e. The first kappa shape index (κ1) is 26.3. The van der Waals surface area contributed by atoms with E-state index >= 15 is 0 Å². The van der Waals surface area contributed by atoms with Crippen LogP contribution < -0.4 is 0 Å². The van der Waals surface area contributed by atoms with Gasteiger partial charge in [-0.05, 0) is 116 Å². The molecule has 0 aromatic heterocycles. The molecule has 1 aromatic rings. The van der Waals surface area contributed by atoms with E-state index in [-0.39, 0.29) is 5.60 Å². The number of benzene rings is 1. The quantitative estimate of drug-likeness (QED) is 0.278. The molecule has 37 heavy (non-hydrogen) atoms. The molecule has 4 saturated carbocycles. The van der Waals surface area contributed by atoms with E-state index in [1.165, 1.54) is 64.2 Å². The maximum atomic E-state index is 6.46. The van der Waals surface area contributed by atoms with Crippen molar-refractivity contribution in [1.29, 1.82) is 0 Å². The molecule has 1 saturated heterocycles. The van der Waals surface area contributed by atoms with Gasteiger partial charge in [-0.15, -0.1) is 0 Å². The molecule has 6 rings (SSSR count). The summed E-state index contributed by atoms with van der Waals surface area (Å²) in [6.45, 7) is 12.7. The third kappa shape index (κ3) is 4.42. The van der Waals surface area contributed by atoms with Crippen molar-refractivity contribution in [2.75, 3.05) is 0 Å². The lowest BCUT2D eigenvalue weighted by Crippen LogP contribution is -2.54. The second kappa shape index (κ2) is 9.59. The SMILES string of the molecule is CC(C)CCCC(C)C1CCC2C3CCC4C[C@]5(C#Cc6ccccc6Cl)O[C@@H]5CC4(C)C3CCC12C. The molecule has 1 heterocycles. The summed E-state index contributed by atoms with van der Waals surface area (Å²) in [6, 6.07) is 7.96. The summed E-state index contributed by atoms with van der Waals surface area (Å²) < 4.78 is 6.46. The van der Waals surface area contributed by atoms with Crippen LogP contribution in [0.1, 0.15) is 111 Å². The number of hydrogen-bond donors (Lipinski definition) is 0. The lowest BCUT2D eigenvalue weighted by Gasteiger charge is -2.60. The molecular formula is C35H49ClO. The minimum atomic E-state index is -0.205. The molecule has 5 fully saturated rings. The Morgan fingerprint density at radius 3 is 2.51 bits per heavy atom. The van der Waals surface area contributed by atoms with Gasteiger partial charge in [0.25, 0.3) is 0 Å². The van der Waals surface area contributed by atoms with Crippen LogP contribution in [-0.2, 0) is 4.74 Å². The Morgan fingerprint density at radius 1 is 0.946 bits per heavy atom. The topological polar surface area (TPSA) is 12.5 Å². The van der Waals surface area contributed by atoms with Crippen LogP contribution in [0.5, 0.6) is 0 Å². The predicted octanol–water partition coefficient (Wildman–Crippen LogP) is 9.56. The van der Waals surface area contributed by atoms with Crippen molar-refractivity contribution in [2.24, 2.45) is 52.3 Å².